The molecule has 0 bridgehead atoms. The van der Waals surface area contributed by atoms with E-state index in [2.05, 4.69) is 9.88 Å². The van der Waals surface area contributed by atoms with Crippen LogP contribution in [-0.2, 0) is 32.1 Å². The molecule has 0 saturated heterocycles. The largest absolute Gasteiger partial charge is 0.433 e. The molecule has 0 aliphatic carbocycles. The molecule has 3 heterocycles. The molecule has 0 saturated carbocycles. The molecule has 1 aromatic carbocycles. The standard InChI is InChI=1S/C20H18ClF4N3/c1-27-6-5-16-14(11-27)19-15(21)8-13(22)9-17(19)28(16)7-4-12-2-3-18(26-10-12)20(23,24)25/h2-3,8-10H,4-7,11H2,1H3. The van der Waals surface area contributed by atoms with Gasteiger partial charge in [-0.1, -0.05) is 17.7 Å². The fourth-order valence-corrected chi connectivity index (χ4v) is 4.18. The lowest BCUT2D eigenvalue weighted by Gasteiger charge is -2.24. The van der Waals surface area contributed by atoms with Crippen molar-refractivity contribution in [2.24, 2.45) is 0 Å². The summed E-state index contributed by atoms with van der Waals surface area (Å²) in [5, 5.41) is 1.24. The molecule has 3 aromatic rings. The molecule has 1 aliphatic heterocycles. The Labute approximate surface area is 164 Å². The Morgan fingerprint density at radius 1 is 1.21 bits per heavy atom. The van der Waals surface area contributed by atoms with Gasteiger partial charge in [-0.25, -0.2) is 4.39 Å². The zero-order valence-electron chi connectivity index (χ0n) is 15.2. The number of aryl methyl sites for hydroxylation is 2. The molecular weight excluding hydrogens is 394 g/mol. The van der Waals surface area contributed by atoms with Gasteiger partial charge < -0.3 is 9.47 Å². The molecule has 0 atom stereocenters. The molecule has 148 valence electrons. The van der Waals surface area contributed by atoms with E-state index in [0.717, 1.165) is 47.7 Å². The molecule has 2 aromatic heterocycles. The number of fused-ring (bicyclic) bond motifs is 3. The van der Waals surface area contributed by atoms with Gasteiger partial charge in [-0.15, -0.1) is 0 Å². The molecular formula is C20H18ClF4N3. The summed E-state index contributed by atoms with van der Waals surface area (Å²) < 4.78 is 54.1. The van der Waals surface area contributed by atoms with Crippen molar-refractivity contribution >= 4 is 22.5 Å². The third kappa shape index (κ3) is 3.49. The van der Waals surface area contributed by atoms with Crippen LogP contribution >= 0.6 is 11.6 Å². The van der Waals surface area contributed by atoms with Crippen molar-refractivity contribution in [3.05, 3.63) is 63.8 Å². The summed E-state index contributed by atoms with van der Waals surface area (Å²) in [6.45, 7) is 2.12. The molecule has 0 amide bonds. The van der Waals surface area contributed by atoms with Crippen molar-refractivity contribution in [2.45, 2.75) is 32.1 Å². The van der Waals surface area contributed by atoms with Crippen LogP contribution in [0.4, 0.5) is 17.6 Å². The van der Waals surface area contributed by atoms with Crippen LogP contribution in [0.1, 0.15) is 22.5 Å². The molecule has 1 aliphatic rings. The van der Waals surface area contributed by atoms with Crippen LogP contribution in [0.3, 0.4) is 0 Å². The Morgan fingerprint density at radius 3 is 2.68 bits per heavy atom. The zero-order valence-corrected chi connectivity index (χ0v) is 15.9. The van der Waals surface area contributed by atoms with Crippen molar-refractivity contribution in [2.75, 3.05) is 13.6 Å². The fourth-order valence-electron chi connectivity index (χ4n) is 3.86. The summed E-state index contributed by atoms with van der Waals surface area (Å²) in [5.74, 6) is -0.404. The zero-order chi connectivity index (χ0) is 20.1. The maximum Gasteiger partial charge on any atom is 0.433 e. The first-order chi connectivity index (χ1) is 13.2. The molecule has 0 spiro atoms. The molecule has 3 nitrogen and oxygen atoms in total. The van der Waals surface area contributed by atoms with Gasteiger partial charge in [0.1, 0.15) is 11.5 Å². The number of alkyl halides is 3. The highest BCUT2D eigenvalue weighted by atomic mass is 35.5. The van der Waals surface area contributed by atoms with Crippen LogP contribution < -0.4 is 0 Å². The van der Waals surface area contributed by atoms with Gasteiger partial charge in [0.15, 0.2) is 0 Å². The summed E-state index contributed by atoms with van der Waals surface area (Å²) in [5.41, 5.74) is 2.72. The van der Waals surface area contributed by atoms with E-state index in [1.54, 1.807) is 0 Å². The first-order valence-electron chi connectivity index (χ1n) is 8.93. The molecule has 0 unspecified atom stereocenters. The van der Waals surface area contributed by atoms with Gasteiger partial charge in [-0.3, -0.25) is 4.98 Å². The van der Waals surface area contributed by atoms with Gasteiger partial charge in [0.05, 0.1) is 10.5 Å². The second-order valence-electron chi connectivity index (χ2n) is 7.15. The maximum atomic E-state index is 14.0. The van der Waals surface area contributed by atoms with Gasteiger partial charge in [0, 0.05) is 43.3 Å². The highest BCUT2D eigenvalue weighted by molar-refractivity contribution is 6.35. The lowest BCUT2D eigenvalue weighted by molar-refractivity contribution is -0.141. The predicted octanol–water partition coefficient (Wildman–Crippen LogP) is 5.08. The number of aromatic nitrogens is 2. The Bertz CT molecular complexity index is 1020. The van der Waals surface area contributed by atoms with E-state index in [4.69, 9.17) is 11.6 Å². The van der Waals surface area contributed by atoms with Crippen molar-refractivity contribution < 1.29 is 17.6 Å². The third-order valence-electron chi connectivity index (χ3n) is 5.20. The van der Waals surface area contributed by atoms with Crippen LogP contribution in [0.15, 0.2) is 30.5 Å². The smallest absolute Gasteiger partial charge is 0.344 e. The molecule has 0 N–H and O–H groups in total. The van der Waals surface area contributed by atoms with E-state index in [1.807, 2.05) is 11.6 Å². The minimum absolute atomic E-state index is 0.386. The highest BCUT2D eigenvalue weighted by Crippen LogP contribution is 2.36. The SMILES string of the molecule is CN1CCc2c(c3c(Cl)cc(F)cc3n2CCc2ccc(C(F)(F)F)nc2)C1. The lowest BCUT2D eigenvalue weighted by atomic mass is 10.0. The summed E-state index contributed by atoms with van der Waals surface area (Å²) in [4.78, 5) is 5.70. The number of benzene rings is 1. The number of pyridine rings is 1. The minimum Gasteiger partial charge on any atom is -0.344 e. The third-order valence-corrected chi connectivity index (χ3v) is 5.50. The maximum absolute atomic E-state index is 14.0. The van der Waals surface area contributed by atoms with Gasteiger partial charge in [0.2, 0.25) is 0 Å². The number of rotatable bonds is 3. The Balaban J connectivity index is 1.69. The van der Waals surface area contributed by atoms with Gasteiger partial charge in [-0.05, 0) is 42.8 Å². The highest BCUT2D eigenvalue weighted by Gasteiger charge is 2.32. The van der Waals surface area contributed by atoms with Gasteiger partial charge in [0.25, 0.3) is 0 Å². The number of nitrogens with zero attached hydrogens (tertiary/aromatic N) is 3. The Hall–Kier alpha value is -2.12. The van der Waals surface area contributed by atoms with E-state index < -0.39 is 17.7 Å². The average Bonchev–Trinajstić information content (AvgIpc) is 2.92. The predicted molar refractivity (Wildman–Crippen MR) is 99.9 cm³/mol. The summed E-state index contributed by atoms with van der Waals surface area (Å²) in [6, 6.07) is 5.23. The van der Waals surface area contributed by atoms with Crippen LogP contribution in [0.25, 0.3) is 10.9 Å². The van der Waals surface area contributed by atoms with E-state index in [-0.39, 0.29) is 0 Å². The normalized spacial score (nSPS) is 15.2. The van der Waals surface area contributed by atoms with Gasteiger partial charge in [-0.2, -0.15) is 13.2 Å². The van der Waals surface area contributed by atoms with E-state index in [0.29, 0.717) is 23.6 Å². The van der Waals surface area contributed by atoms with Crippen LogP contribution in [0.5, 0.6) is 0 Å². The monoisotopic (exact) mass is 411 g/mol. The molecule has 0 radical (unpaired) electrons. The molecule has 28 heavy (non-hydrogen) atoms. The summed E-state index contributed by atoms with van der Waals surface area (Å²) >= 11 is 6.35. The van der Waals surface area contributed by atoms with Crippen molar-refractivity contribution in [1.29, 1.82) is 0 Å². The molecule has 0 fully saturated rings. The van der Waals surface area contributed by atoms with Crippen molar-refractivity contribution in [3.8, 4) is 0 Å². The number of hydrogen-bond acceptors (Lipinski definition) is 2. The lowest BCUT2D eigenvalue weighted by Crippen LogP contribution is -2.27. The molecule has 8 heteroatoms. The van der Waals surface area contributed by atoms with Crippen molar-refractivity contribution in [1.82, 2.24) is 14.5 Å². The number of likely N-dealkylation sites (N-methyl/N-ethyl adjacent to an activating group) is 1. The first kappa shape index (κ1) is 19.2. The minimum atomic E-state index is -4.45. The second-order valence-corrected chi connectivity index (χ2v) is 7.55. The van der Waals surface area contributed by atoms with Crippen molar-refractivity contribution in [3.63, 3.8) is 0 Å². The quantitative estimate of drug-likeness (QED) is 0.560. The van der Waals surface area contributed by atoms with E-state index >= 15 is 0 Å². The average molecular weight is 412 g/mol. The topological polar surface area (TPSA) is 21.1 Å². The van der Waals surface area contributed by atoms with Crippen LogP contribution in [0.2, 0.25) is 5.02 Å². The Kier molecular flexibility index (Phi) is 4.83. The Morgan fingerprint density at radius 2 is 2.00 bits per heavy atom. The van der Waals surface area contributed by atoms with E-state index in [9.17, 15) is 17.6 Å². The van der Waals surface area contributed by atoms with Crippen LogP contribution in [0, 0.1) is 5.82 Å². The van der Waals surface area contributed by atoms with Crippen LogP contribution in [-0.4, -0.2) is 28.0 Å². The first-order valence-corrected chi connectivity index (χ1v) is 9.31. The number of halogens is 5. The fraction of sp³-hybridized carbons (Fsp3) is 0.350. The summed E-state index contributed by atoms with van der Waals surface area (Å²) in [7, 11) is 2.03. The van der Waals surface area contributed by atoms with E-state index in [1.165, 1.54) is 24.4 Å². The second kappa shape index (κ2) is 7.04. The number of hydrogen-bond donors (Lipinski definition) is 0. The molecule has 4 rings (SSSR count). The summed E-state index contributed by atoms with van der Waals surface area (Å²) in [6.07, 6.45) is -1.90. The van der Waals surface area contributed by atoms with Gasteiger partial charge >= 0.3 is 6.18 Å².